The topological polar surface area (TPSA) is 51.2 Å². The molecular formula is C21H18F4N2O2S. The number of aromatic nitrogens is 1. The smallest absolute Gasteiger partial charge is 0.417 e. The predicted octanol–water partition coefficient (Wildman–Crippen LogP) is 4.85. The zero-order valence-electron chi connectivity index (χ0n) is 15.9. The molecular weight excluding hydrogens is 420 g/mol. The molecule has 0 aliphatic rings. The summed E-state index contributed by atoms with van der Waals surface area (Å²) in [5, 5.41) is 2.76. The molecule has 0 atom stereocenters. The molecule has 0 saturated heterocycles. The van der Waals surface area contributed by atoms with Crippen LogP contribution < -0.4 is 10.1 Å². The van der Waals surface area contributed by atoms with Crippen molar-refractivity contribution in [2.24, 2.45) is 0 Å². The van der Waals surface area contributed by atoms with Gasteiger partial charge in [0.1, 0.15) is 11.6 Å². The number of carbonyl (C=O) groups is 1. The second-order valence-electron chi connectivity index (χ2n) is 6.40. The highest BCUT2D eigenvalue weighted by Gasteiger charge is 2.33. The third kappa shape index (κ3) is 5.63. The molecule has 3 aromatic rings. The second kappa shape index (κ2) is 9.34. The molecule has 1 aromatic heterocycles. The van der Waals surface area contributed by atoms with Crippen molar-refractivity contribution in [3.05, 3.63) is 65.5 Å². The third-order valence-electron chi connectivity index (χ3n) is 4.30. The van der Waals surface area contributed by atoms with Gasteiger partial charge in [-0.3, -0.25) is 4.79 Å². The zero-order valence-corrected chi connectivity index (χ0v) is 16.7. The Balaban J connectivity index is 1.65. The van der Waals surface area contributed by atoms with Gasteiger partial charge in [-0.25, -0.2) is 9.37 Å². The largest absolute Gasteiger partial charge is 0.497 e. The lowest BCUT2D eigenvalue weighted by Crippen LogP contribution is -2.27. The molecule has 0 spiro atoms. The molecule has 9 heteroatoms. The van der Waals surface area contributed by atoms with E-state index in [1.807, 2.05) is 0 Å². The Bertz CT molecular complexity index is 1040. The molecule has 30 heavy (non-hydrogen) atoms. The Morgan fingerprint density at radius 1 is 1.13 bits per heavy atom. The summed E-state index contributed by atoms with van der Waals surface area (Å²) >= 11 is 0.922. The second-order valence-corrected chi connectivity index (χ2v) is 7.40. The van der Waals surface area contributed by atoms with Crippen LogP contribution in [0.2, 0.25) is 0 Å². The Morgan fingerprint density at radius 3 is 2.53 bits per heavy atom. The summed E-state index contributed by atoms with van der Waals surface area (Å²) in [6.45, 7) is 0.334. The van der Waals surface area contributed by atoms with Crippen LogP contribution in [-0.4, -0.2) is 30.3 Å². The first kappa shape index (κ1) is 21.9. The van der Waals surface area contributed by atoms with E-state index in [0.29, 0.717) is 18.7 Å². The Kier molecular flexibility index (Phi) is 6.81. The fourth-order valence-electron chi connectivity index (χ4n) is 2.81. The summed E-state index contributed by atoms with van der Waals surface area (Å²) in [6.07, 6.45) is -4.04. The number of alkyl halides is 3. The Morgan fingerprint density at radius 2 is 1.87 bits per heavy atom. The number of pyridine rings is 1. The first-order valence-corrected chi connectivity index (χ1v) is 9.95. The van der Waals surface area contributed by atoms with Crippen LogP contribution in [0.25, 0.3) is 10.9 Å². The molecule has 1 amide bonds. The molecule has 0 unspecified atom stereocenters. The minimum Gasteiger partial charge on any atom is -0.497 e. The normalized spacial score (nSPS) is 11.5. The Hall–Kier alpha value is -2.81. The van der Waals surface area contributed by atoms with Crippen LogP contribution in [0.4, 0.5) is 17.6 Å². The van der Waals surface area contributed by atoms with Crippen molar-refractivity contribution in [2.45, 2.75) is 17.6 Å². The molecule has 4 nitrogen and oxygen atoms in total. The van der Waals surface area contributed by atoms with Gasteiger partial charge in [-0.15, -0.1) is 0 Å². The number of methoxy groups -OCH3 is 1. The van der Waals surface area contributed by atoms with Gasteiger partial charge in [-0.2, -0.15) is 13.2 Å². The third-order valence-corrected chi connectivity index (χ3v) is 5.21. The average Bonchev–Trinajstić information content (AvgIpc) is 2.72. The van der Waals surface area contributed by atoms with E-state index in [2.05, 4.69) is 10.3 Å². The van der Waals surface area contributed by atoms with E-state index in [0.717, 1.165) is 23.4 Å². The van der Waals surface area contributed by atoms with E-state index in [9.17, 15) is 22.4 Å². The average molecular weight is 438 g/mol. The molecule has 0 saturated carbocycles. The number of amides is 1. The summed E-state index contributed by atoms with van der Waals surface area (Å²) in [7, 11) is 1.42. The quantitative estimate of drug-likeness (QED) is 0.423. The van der Waals surface area contributed by atoms with Gasteiger partial charge >= 0.3 is 6.18 Å². The SMILES string of the molecule is COc1ccc2c(C(F)(F)F)cc(SCC(=O)NCCc3ccc(F)cc3)nc2c1. The number of carbonyl (C=O) groups excluding carboxylic acids is 1. The first-order valence-electron chi connectivity index (χ1n) is 8.96. The molecule has 3 rings (SSSR count). The summed E-state index contributed by atoms with van der Waals surface area (Å²) in [5.74, 6) is -0.353. The van der Waals surface area contributed by atoms with Crippen molar-refractivity contribution in [2.75, 3.05) is 19.4 Å². The molecule has 0 aliphatic heterocycles. The number of nitrogens with zero attached hydrogens (tertiary/aromatic N) is 1. The monoisotopic (exact) mass is 438 g/mol. The number of ether oxygens (including phenoxy) is 1. The van der Waals surface area contributed by atoms with Crippen molar-refractivity contribution in [3.8, 4) is 5.75 Å². The molecule has 158 valence electrons. The van der Waals surface area contributed by atoms with Gasteiger partial charge in [-0.1, -0.05) is 23.9 Å². The van der Waals surface area contributed by atoms with Crippen molar-refractivity contribution in [3.63, 3.8) is 0 Å². The maximum Gasteiger partial charge on any atom is 0.417 e. The van der Waals surface area contributed by atoms with E-state index in [-0.39, 0.29) is 33.4 Å². The minimum absolute atomic E-state index is 0.0311. The van der Waals surface area contributed by atoms with Crippen molar-refractivity contribution in [1.29, 1.82) is 0 Å². The number of benzene rings is 2. The molecule has 1 N–H and O–H groups in total. The van der Waals surface area contributed by atoms with Gasteiger partial charge in [0.2, 0.25) is 5.91 Å². The Labute approximate surface area is 174 Å². The molecule has 0 radical (unpaired) electrons. The standard InChI is InChI=1S/C21H18F4N2O2S/c1-29-15-6-7-16-17(21(23,24)25)11-20(27-18(16)10-15)30-12-19(28)26-9-8-13-2-4-14(22)5-3-13/h2-7,10-11H,8-9,12H2,1H3,(H,26,28). The van der Waals surface area contributed by atoms with Crippen molar-refractivity contribution >= 4 is 28.6 Å². The molecule has 1 heterocycles. The lowest BCUT2D eigenvalue weighted by molar-refractivity contribution is -0.136. The van der Waals surface area contributed by atoms with Crippen molar-refractivity contribution < 1.29 is 27.1 Å². The van der Waals surface area contributed by atoms with Gasteiger partial charge in [0.05, 0.1) is 29.0 Å². The lowest BCUT2D eigenvalue weighted by Gasteiger charge is -2.13. The molecule has 2 aromatic carbocycles. The summed E-state index contributed by atoms with van der Waals surface area (Å²) < 4.78 is 58.3. The van der Waals surface area contributed by atoms with Crippen LogP contribution in [0.15, 0.2) is 53.6 Å². The number of hydrogen-bond donors (Lipinski definition) is 1. The van der Waals surface area contributed by atoms with Crippen LogP contribution in [0.3, 0.4) is 0 Å². The number of hydrogen-bond acceptors (Lipinski definition) is 4. The molecule has 0 bridgehead atoms. The number of thioether (sulfide) groups is 1. The van der Waals surface area contributed by atoms with E-state index < -0.39 is 11.7 Å². The van der Waals surface area contributed by atoms with Crippen LogP contribution in [0, 0.1) is 5.82 Å². The van der Waals surface area contributed by atoms with Crippen LogP contribution >= 0.6 is 11.8 Å². The van der Waals surface area contributed by atoms with E-state index in [4.69, 9.17) is 4.74 Å². The first-order chi connectivity index (χ1) is 14.3. The van der Waals surface area contributed by atoms with Gasteiger partial charge < -0.3 is 10.1 Å². The zero-order chi connectivity index (χ0) is 21.7. The van der Waals surface area contributed by atoms with Gasteiger partial charge in [0.15, 0.2) is 0 Å². The summed E-state index contributed by atoms with van der Waals surface area (Å²) in [5.41, 5.74) is 0.196. The van der Waals surface area contributed by atoms with E-state index in [1.165, 1.54) is 37.4 Å². The predicted molar refractivity (Wildman–Crippen MR) is 107 cm³/mol. The fraction of sp³-hybridized carbons (Fsp3) is 0.238. The minimum atomic E-state index is -4.55. The fourth-order valence-corrected chi connectivity index (χ4v) is 3.55. The number of nitrogens with one attached hydrogen (secondary N) is 1. The summed E-state index contributed by atoms with van der Waals surface area (Å²) in [4.78, 5) is 16.3. The summed E-state index contributed by atoms with van der Waals surface area (Å²) in [6, 6.07) is 11.1. The van der Waals surface area contributed by atoms with Gasteiger partial charge in [0.25, 0.3) is 0 Å². The maximum absolute atomic E-state index is 13.5. The van der Waals surface area contributed by atoms with E-state index >= 15 is 0 Å². The van der Waals surface area contributed by atoms with Crippen LogP contribution in [-0.2, 0) is 17.4 Å². The number of halogens is 4. The van der Waals surface area contributed by atoms with Gasteiger partial charge in [-0.05, 0) is 42.3 Å². The maximum atomic E-state index is 13.5. The lowest BCUT2D eigenvalue weighted by atomic mass is 10.1. The van der Waals surface area contributed by atoms with Gasteiger partial charge in [0, 0.05) is 18.0 Å². The van der Waals surface area contributed by atoms with Crippen LogP contribution in [0.5, 0.6) is 5.75 Å². The van der Waals surface area contributed by atoms with E-state index in [1.54, 1.807) is 12.1 Å². The highest BCUT2D eigenvalue weighted by atomic mass is 32.2. The highest BCUT2D eigenvalue weighted by Crippen LogP contribution is 2.37. The van der Waals surface area contributed by atoms with Crippen molar-refractivity contribution in [1.82, 2.24) is 10.3 Å². The highest BCUT2D eigenvalue weighted by molar-refractivity contribution is 7.99. The number of rotatable bonds is 7. The molecule has 0 fully saturated rings. The number of fused-ring (bicyclic) bond motifs is 1. The van der Waals surface area contributed by atoms with Crippen LogP contribution in [0.1, 0.15) is 11.1 Å². The molecule has 0 aliphatic carbocycles.